The summed E-state index contributed by atoms with van der Waals surface area (Å²) in [4.78, 5) is 28.3. The normalized spacial score (nSPS) is 11.9. The van der Waals surface area contributed by atoms with E-state index in [-0.39, 0.29) is 29.2 Å². The minimum absolute atomic E-state index is 0.00801. The lowest BCUT2D eigenvalue weighted by atomic mass is 9.86. The topological polar surface area (TPSA) is 76.5 Å². The molecule has 0 bridgehead atoms. The van der Waals surface area contributed by atoms with Crippen molar-refractivity contribution < 1.29 is 14.3 Å². The minimum atomic E-state index is -0.282. The van der Waals surface area contributed by atoms with Crippen LogP contribution in [0, 0.1) is 6.92 Å². The molecule has 0 saturated carbocycles. The van der Waals surface area contributed by atoms with Gasteiger partial charge in [0, 0.05) is 37.3 Å². The fourth-order valence-corrected chi connectivity index (χ4v) is 4.02. The van der Waals surface area contributed by atoms with Crippen molar-refractivity contribution in [2.24, 2.45) is 0 Å². The zero-order valence-corrected chi connectivity index (χ0v) is 24.1. The van der Waals surface area contributed by atoms with Gasteiger partial charge in [0.2, 0.25) is 5.91 Å². The average Bonchev–Trinajstić information content (AvgIpc) is 3.27. The number of methoxy groups -OCH3 is 1. The van der Waals surface area contributed by atoms with E-state index in [0.717, 1.165) is 22.5 Å². The highest BCUT2D eigenvalue weighted by molar-refractivity contribution is 5.99. The number of nitrogens with one attached hydrogen (secondary N) is 1. The Bertz CT molecular complexity index is 1230. The number of hydrogen-bond acceptors (Lipinski definition) is 4. The molecule has 3 rings (SSSR count). The second kappa shape index (κ2) is 11.9. The Kier molecular flexibility index (Phi) is 9.15. The van der Waals surface area contributed by atoms with E-state index in [1.807, 2.05) is 61.5 Å². The van der Waals surface area contributed by atoms with E-state index < -0.39 is 0 Å². The summed E-state index contributed by atoms with van der Waals surface area (Å²) in [6.07, 6.45) is 0.630. The van der Waals surface area contributed by atoms with Crippen molar-refractivity contribution >= 4 is 17.6 Å². The van der Waals surface area contributed by atoms with Gasteiger partial charge in [-0.15, -0.1) is 0 Å². The molecule has 3 aromatic rings. The first-order valence-electron chi connectivity index (χ1n) is 13.2. The summed E-state index contributed by atoms with van der Waals surface area (Å²) in [6, 6.07) is 17.5. The predicted molar refractivity (Wildman–Crippen MR) is 153 cm³/mol. The standard InChI is InChI=1S/C31H42N4O3/c1-22-10-16-25(17-11-22)35-27(20-26(33-35)31(5,6)7)32-28(36)21-34(18-9-19-38-8)29(37)23-12-14-24(15-13-23)30(2,3)4/h10-17,20H,9,18-19,21H2,1-8H3,(H,32,36). The van der Waals surface area contributed by atoms with Crippen molar-refractivity contribution in [3.05, 3.63) is 77.0 Å². The van der Waals surface area contributed by atoms with Gasteiger partial charge in [0.15, 0.2) is 0 Å². The van der Waals surface area contributed by atoms with Gasteiger partial charge in [-0.05, 0) is 48.6 Å². The van der Waals surface area contributed by atoms with Gasteiger partial charge in [-0.25, -0.2) is 4.68 Å². The number of hydrogen-bond donors (Lipinski definition) is 1. The third-order valence-corrected chi connectivity index (χ3v) is 6.42. The SMILES string of the molecule is COCCCN(CC(=O)Nc1cc(C(C)(C)C)nn1-c1ccc(C)cc1)C(=O)c1ccc(C(C)(C)C)cc1. The smallest absolute Gasteiger partial charge is 0.254 e. The van der Waals surface area contributed by atoms with Gasteiger partial charge in [-0.1, -0.05) is 71.4 Å². The van der Waals surface area contributed by atoms with Crippen LogP contribution in [0.15, 0.2) is 54.6 Å². The van der Waals surface area contributed by atoms with Crippen molar-refractivity contribution in [1.82, 2.24) is 14.7 Å². The molecule has 0 fully saturated rings. The predicted octanol–water partition coefficient (Wildman–Crippen LogP) is 5.89. The van der Waals surface area contributed by atoms with Gasteiger partial charge in [-0.2, -0.15) is 5.10 Å². The maximum Gasteiger partial charge on any atom is 0.254 e. The van der Waals surface area contributed by atoms with E-state index in [9.17, 15) is 9.59 Å². The maximum atomic E-state index is 13.4. The average molecular weight is 519 g/mol. The molecule has 1 heterocycles. The number of aryl methyl sites for hydroxylation is 1. The Labute approximate surface area is 227 Å². The summed E-state index contributed by atoms with van der Waals surface area (Å²) in [5.41, 5.74) is 4.36. The van der Waals surface area contributed by atoms with Crippen LogP contribution in [-0.4, -0.2) is 53.3 Å². The van der Waals surface area contributed by atoms with E-state index in [0.29, 0.717) is 31.0 Å². The third-order valence-electron chi connectivity index (χ3n) is 6.42. The molecule has 0 saturated heterocycles. The molecular formula is C31H42N4O3. The number of nitrogens with zero attached hydrogens (tertiary/aromatic N) is 3. The van der Waals surface area contributed by atoms with Gasteiger partial charge >= 0.3 is 0 Å². The first kappa shape index (κ1) is 29.1. The molecule has 0 atom stereocenters. The first-order chi connectivity index (χ1) is 17.8. The summed E-state index contributed by atoms with van der Waals surface area (Å²) >= 11 is 0. The van der Waals surface area contributed by atoms with Gasteiger partial charge in [0.1, 0.15) is 12.4 Å². The van der Waals surface area contributed by atoms with Crippen molar-refractivity contribution in [2.45, 2.75) is 65.7 Å². The van der Waals surface area contributed by atoms with Crippen LogP contribution >= 0.6 is 0 Å². The number of aromatic nitrogens is 2. The van der Waals surface area contributed by atoms with Crippen molar-refractivity contribution in [2.75, 3.05) is 32.1 Å². The molecule has 0 aliphatic rings. The van der Waals surface area contributed by atoms with Gasteiger partial charge < -0.3 is 15.0 Å². The number of carbonyl (C=O) groups excluding carboxylic acids is 2. The van der Waals surface area contributed by atoms with Crippen LogP contribution in [0.4, 0.5) is 5.82 Å². The lowest BCUT2D eigenvalue weighted by Gasteiger charge is -2.23. The highest BCUT2D eigenvalue weighted by Crippen LogP contribution is 2.27. The number of rotatable bonds is 9. The second-order valence-electron chi connectivity index (χ2n) is 11.9. The van der Waals surface area contributed by atoms with E-state index in [1.54, 1.807) is 16.7 Å². The van der Waals surface area contributed by atoms with Crippen molar-refractivity contribution in [3.8, 4) is 5.69 Å². The molecule has 204 valence electrons. The minimum Gasteiger partial charge on any atom is -0.385 e. The zero-order valence-electron chi connectivity index (χ0n) is 24.1. The Morgan fingerprint density at radius 3 is 2.13 bits per heavy atom. The molecule has 0 spiro atoms. The number of carbonyl (C=O) groups is 2. The molecule has 7 heteroatoms. The molecule has 1 aromatic heterocycles. The van der Waals surface area contributed by atoms with Gasteiger partial charge in [0.25, 0.3) is 5.91 Å². The summed E-state index contributed by atoms with van der Waals surface area (Å²) in [6.45, 7) is 15.5. The summed E-state index contributed by atoms with van der Waals surface area (Å²) < 4.78 is 6.94. The van der Waals surface area contributed by atoms with Gasteiger partial charge in [-0.3, -0.25) is 9.59 Å². The summed E-state index contributed by atoms with van der Waals surface area (Å²) in [7, 11) is 1.63. The van der Waals surface area contributed by atoms with Crippen LogP contribution in [0.5, 0.6) is 0 Å². The molecule has 7 nitrogen and oxygen atoms in total. The number of amides is 2. The highest BCUT2D eigenvalue weighted by atomic mass is 16.5. The summed E-state index contributed by atoms with van der Waals surface area (Å²) in [5, 5.41) is 7.80. The second-order valence-corrected chi connectivity index (χ2v) is 11.9. The number of ether oxygens (including phenoxy) is 1. The van der Waals surface area contributed by atoms with Crippen LogP contribution in [0.25, 0.3) is 5.69 Å². The lowest BCUT2D eigenvalue weighted by Crippen LogP contribution is -2.39. The van der Waals surface area contributed by atoms with E-state index >= 15 is 0 Å². The van der Waals surface area contributed by atoms with E-state index in [1.165, 1.54) is 0 Å². The molecular weight excluding hydrogens is 476 g/mol. The van der Waals surface area contributed by atoms with E-state index in [2.05, 4.69) is 46.9 Å². The van der Waals surface area contributed by atoms with Gasteiger partial charge in [0.05, 0.1) is 11.4 Å². The lowest BCUT2D eigenvalue weighted by molar-refractivity contribution is -0.117. The monoisotopic (exact) mass is 518 g/mol. The molecule has 2 amide bonds. The maximum absolute atomic E-state index is 13.4. The Morgan fingerprint density at radius 2 is 1.58 bits per heavy atom. The summed E-state index contributed by atoms with van der Waals surface area (Å²) in [5.74, 6) is 0.109. The fourth-order valence-electron chi connectivity index (χ4n) is 4.02. The van der Waals surface area contributed by atoms with Crippen molar-refractivity contribution in [1.29, 1.82) is 0 Å². The Balaban J connectivity index is 1.84. The molecule has 0 aliphatic carbocycles. The molecule has 0 radical (unpaired) electrons. The third kappa shape index (κ3) is 7.54. The molecule has 1 N–H and O–H groups in total. The quantitative estimate of drug-likeness (QED) is 0.358. The molecule has 0 aliphatic heterocycles. The van der Waals surface area contributed by atoms with Crippen molar-refractivity contribution in [3.63, 3.8) is 0 Å². The number of benzene rings is 2. The van der Waals surface area contributed by atoms with Crippen LogP contribution in [0.2, 0.25) is 0 Å². The fraction of sp³-hybridized carbons (Fsp3) is 0.452. The van der Waals surface area contributed by atoms with E-state index in [4.69, 9.17) is 9.84 Å². The zero-order chi connectivity index (χ0) is 28.1. The van der Waals surface area contributed by atoms with Crippen LogP contribution in [0.1, 0.15) is 75.1 Å². The molecule has 38 heavy (non-hydrogen) atoms. The molecule has 0 unspecified atom stereocenters. The highest BCUT2D eigenvalue weighted by Gasteiger charge is 2.24. The first-order valence-corrected chi connectivity index (χ1v) is 13.2. The molecule has 2 aromatic carbocycles. The van der Waals surface area contributed by atoms with Crippen LogP contribution in [0.3, 0.4) is 0 Å². The Morgan fingerprint density at radius 1 is 0.947 bits per heavy atom. The van der Waals surface area contributed by atoms with Crippen LogP contribution < -0.4 is 5.32 Å². The number of anilines is 1. The largest absolute Gasteiger partial charge is 0.385 e. The Hall–Kier alpha value is -3.45. The van der Waals surface area contributed by atoms with Crippen LogP contribution in [-0.2, 0) is 20.4 Å².